The lowest BCUT2D eigenvalue weighted by molar-refractivity contribution is -0.122. The van der Waals surface area contributed by atoms with Crippen LogP contribution in [0.2, 0.25) is 5.02 Å². The van der Waals surface area contributed by atoms with E-state index >= 15 is 0 Å². The van der Waals surface area contributed by atoms with Gasteiger partial charge in [0.05, 0.1) is 6.54 Å². The average Bonchev–Trinajstić information content (AvgIpc) is 2.39. The summed E-state index contributed by atoms with van der Waals surface area (Å²) in [5.41, 5.74) is 6.94. The SMILES string of the molecule is CCCN(CC(=O)NC)C(CN)c1cccc(Cl)c1. The topological polar surface area (TPSA) is 58.4 Å². The molecule has 0 aromatic heterocycles. The molecule has 0 fully saturated rings. The highest BCUT2D eigenvalue weighted by Crippen LogP contribution is 2.22. The Morgan fingerprint density at radius 3 is 2.79 bits per heavy atom. The van der Waals surface area contributed by atoms with E-state index in [1.54, 1.807) is 7.05 Å². The largest absolute Gasteiger partial charge is 0.358 e. The Kier molecular flexibility index (Phi) is 6.84. The van der Waals surface area contributed by atoms with Gasteiger partial charge >= 0.3 is 0 Å². The van der Waals surface area contributed by atoms with Crippen LogP contribution < -0.4 is 11.1 Å². The molecule has 1 amide bonds. The number of nitrogens with one attached hydrogen (secondary N) is 1. The number of hydrogen-bond donors (Lipinski definition) is 2. The summed E-state index contributed by atoms with van der Waals surface area (Å²) in [5.74, 6) is -0.00562. The molecule has 0 radical (unpaired) electrons. The third-order valence-electron chi connectivity index (χ3n) is 3.03. The lowest BCUT2D eigenvalue weighted by atomic mass is 10.0. The van der Waals surface area contributed by atoms with E-state index in [1.165, 1.54) is 0 Å². The van der Waals surface area contributed by atoms with E-state index < -0.39 is 0 Å². The van der Waals surface area contributed by atoms with Gasteiger partial charge in [-0.2, -0.15) is 0 Å². The van der Waals surface area contributed by atoms with Crippen molar-refractivity contribution in [3.63, 3.8) is 0 Å². The fourth-order valence-electron chi connectivity index (χ4n) is 2.11. The molecule has 106 valence electrons. The van der Waals surface area contributed by atoms with Crippen molar-refractivity contribution >= 4 is 17.5 Å². The summed E-state index contributed by atoms with van der Waals surface area (Å²) in [6.45, 7) is 3.71. The number of nitrogens with zero attached hydrogens (tertiary/aromatic N) is 1. The summed E-state index contributed by atoms with van der Waals surface area (Å²) in [7, 11) is 1.64. The van der Waals surface area contributed by atoms with Crippen molar-refractivity contribution in [3.05, 3.63) is 34.9 Å². The molecule has 0 spiro atoms. The summed E-state index contributed by atoms with van der Waals surface area (Å²) in [5, 5.41) is 3.34. The van der Waals surface area contributed by atoms with Gasteiger partial charge in [0, 0.05) is 24.7 Å². The molecule has 0 aliphatic heterocycles. The standard InChI is InChI=1S/C14H22ClN3O/c1-3-7-18(10-14(19)17-2)13(9-16)11-5-4-6-12(15)8-11/h4-6,8,13H,3,7,9-10,16H2,1-2H3,(H,17,19). The first-order valence-electron chi connectivity index (χ1n) is 6.52. The van der Waals surface area contributed by atoms with E-state index in [9.17, 15) is 4.79 Å². The molecular weight excluding hydrogens is 262 g/mol. The molecule has 4 nitrogen and oxygen atoms in total. The second-order valence-corrected chi connectivity index (χ2v) is 4.89. The van der Waals surface area contributed by atoms with E-state index in [-0.39, 0.29) is 11.9 Å². The van der Waals surface area contributed by atoms with Crippen LogP contribution in [-0.2, 0) is 4.79 Å². The first kappa shape index (κ1) is 16.0. The Morgan fingerprint density at radius 2 is 2.26 bits per heavy atom. The zero-order valence-electron chi connectivity index (χ0n) is 11.5. The Bertz CT molecular complexity index is 411. The van der Waals surface area contributed by atoms with Gasteiger partial charge in [-0.05, 0) is 30.7 Å². The second-order valence-electron chi connectivity index (χ2n) is 4.45. The van der Waals surface area contributed by atoms with Crippen LogP contribution in [0.5, 0.6) is 0 Å². The van der Waals surface area contributed by atoms with Crippen molar-refractivity contribution in [3.8, 4) is 0 Å². The third kappa shape index (κ3) is 4.82. The molecule has 3 N–H and O–H groups in total. The van der Waals surface area contributed by atoms with Crippen LogP contribution in [0.3, 0.4) is 0 Å². The number of rotatable bonds is 7. The van der Waals surface area contributed by atoms with Gasteiger partial charge in [0.2, 0.25) is 5.91 Å². The fourth-order valence-corrected chi connectivity index (χ4v) is 2.30. The van der Waals surface area contributed by atoms with Crippen LogP contribution in [0, 0.1) is 0 Å². The maximum Gasteiger partial charge on any atom is 0.233 e. The van der Waals surface area contributed by atoms with Gasteiger partial charge in [-0.15, -0.1) is 0 Å². The van der Waals surface area contributed by atoms with E-state index in [0.717, 1.165) is 18.5 Å². The molecule has 0 saturated heterocycles. The van der Waals surface area contributed by atoms with Crippen molar-refractivity contribution in [2.75, 3.05) is 26.7 Å². The number of amides is 1. The van der Waals surface area contributed by atoms with Gasteiger partial charge in [-0.1, -0.05) is 30.7 Å². The lowest BCUT2D eigenvalue weighted by Gasteiger charge is -2.30. The second kappa shape index (κ2) is 8.15. The highest BCUT2D eigenvalue weighted by molar-refractivity contribution is 6.30. The fraction of sp³-hybridized carbons (Fsp3) is 0.500. The van der Waals surface area contributed by atoms with Gasteiger partial charge in [0.1, 0.15) is 0 Å². The van der Waals surface area contributed by atoms with Crippen molar-refractivity contribution in [1.82, 2.24) is 10.2 Å². The molecule has 0 aliphatic carbocycles. The molecule has 0 heterocycles. The number of carbonyl (C=O) groups excluding carboxylic acids is 1. The molecule has 1 unspecified atom stereocenters. The molecule has 1 aromatic carbocycles. The van der Waals surface area contributed by atoms with Crippen molar-refractivity contribution in [1.29, 1.82) is 0 Å². The molecule has 0 aliphatic rings. The maximum absolute atomic E-state index is 11.6. The quantitative estimate of drug-likeness (QED) is 0.802. The number of hydrogen-bond acceptors (Lipinski definition) is 3. The number of halogens is 1. The Morgan fingerprint density at radius 1 is 1.53 bits per heavy atom. The van der Waals surface area contributed by atoms with Gasteiger partial charge < -0.3 is 11.1 Å². The molecule has 1 rings (SSSR count). The Balaban J connectivity index is 2.92. The molecule has 5 heteroatoms. The van der Waals surface area contributed by atoms with Gasteiger partial charge in [0.15, 0.2) is 0 Å². The zero-order valence-corrected chi connectivity index (χ0v) is 12.3. The summed E-state index contributed by atoms with van der Waals surface area (Å²) < 4.78 is 0. The normalized spacial score (nSPS) is 12.5. The van der Waals surface area contributed by atoms with Gasteiger partial charge in [-0.25, -0.2) is 0 Å². The van der Waals surface area contributed by atoms with Crippen LogP contribution in [-0.4, -0.2) is 37.5 Å². The smallest absolute Gasteiger partial charge is 0.233 e. The van der Waals surface area contributed by atoms with Crippen LogP contribution >= 0.6 is 11.6 Å². The maximum atomic E-state index is 11.6. The highest BCUT2D eigenvalue weighted by Gasteiger charge is 2.20. The predicted octanol–water partition coefficient (Wildman–Crippen LogP) is 1.80. The molecular formula is C14H22ClN3O. The minimum atomic E-state index is -0.00562. The third-order valence-corrected chi connectivity index (χ3v) is 3.27. The minimum absolute atomic E-state index is 0.00562. The Hall–Kier alpha value is -1.10. The van der Waals surface area contributed by atoms with Crippen molar-refractivity contribution in [2.24, 2.45) is 5.73 Å². The van der Waals surface area contributed by atoms with E-state index in [2.05, 4.69) is 17.1 Å². The first-order valence-corrected chi connectivity index (χ1v) is 6.90. The minimum Gasteiger partial charge on any atom is -0.358 e. The molecule has 19 heavy (non-hydrogen) atoms. The van der Waals surface area contributed by atoms with Crippen LogP contribution in [0.25, 0.3) is 0 Å². The summed E-state index contributed by atoms with van der Waals surface area (Å²) in [6, 6.07) is 7.66. The van der Waals surface area contributed by atoms with Crippen LogP contribution in [0.4, 0.5) is 0 Å². The zero-order chi connectivity index (χ0) is 14.3. The van der Waals surface area contributed by atoms with E-state index in [0.29, 0.717) is 18.1 Å². The predicted molar refractivity (Wildman–Crippen MR) is 79.2 cm³/mol. The number of carbonyl (C=O) groups is 1. The van der Waals surface area contributed by atoms with Gasteiger partial charge in [0.25, 0.3) is 0 Å². The molecule has 0 saturated carbocycles. The Labute approximate surface area is 119 Å². The van der Waals surface area contributed by atoms with Crippen LogP contribution in [0.1, 0.15) is 24.9 Å². The van der Waals surface area contributed by atoms with Crippen molar-refractivity contribution < 1.29 is 4.79 Å². The average molecular weight is 284 g/mol. The number of likely N-dealkylation sites (N-methyl/N-ethyl adjacent to an activating group) is 1. The molecule has 0 bridgehead atoms. The van der Waals surface area contributed by atoms with E-state index in [4.69, 9.17) is 17.3 Å². The first-order chi connectivity index (χ1) is 9.12. The number of nitrogens with two attached hydrogens (primary N) is 1. The number of benzene rings is 1. The summed E-state index contributed by atoms with van der Waals surface area (Å²) in [4.78, 5) is 13.7. The highest BCUT2D eigenvalue weighted by atomic mass is 35.5. The monoisotopic (exact) mass is 283 g/mol. The summed E-state index contributed by atoms with van der Waals surface area (Å²) >= 11 is 6.02. The molecule has 1 atom stereocenters. The van der Waals surface area contributed by atoms with Crippen molar-refractivity contribution in [2.45, 2.75) is 19.4 Å². The molecule has 1 aromatic rings. The van der Waals surface area contributed by atoms with Gasteiger partial charge in [-0.3, -0.25) is 9.69 Å². The van der Waals surface area contributed by atoms with Crippen LogP contribution in [0.15, 0.2) is 24.3 Å². The van der Waals surface area contributed by atoms with E-state index in [1.807, 2.05) is 24.3 Å². The summed E-state index contributed by atoms with van der Waals surface area (Å²) in [6.07, 6.45) is 0.966. The lowest BCUT2D eigenvalue weighted by Crippen LogP contribution is -2.41.